The normalized spacial score (nSPS) is 20.4. The van der Waals surface area contributed by atoms with Crippen molar-refractivity contribution in [2.45, 2.75) is 25.0 Å². The molecule has 26 heavy (non-hydrogen) atoms. The van der Waals surface area contributed by atoms with Crippen molar-refractivity contribution >= 4 is 11.8 Å². The average Bonchev–Trinajstić information content (AvgIpc) is 2.60. The maximum absolute atomic E-state index is 14.1. The summed E-state index contributed by atoms with van der Waals surface area (Å²) >= 11 is 0. The van der Waals surface area contributed by atoms with Crippen molar-refractivity contribution in [3.05, 3.63) is 29.6 Å². The lowest BCUT2D eigenvalue weighted by Gasteiger charge is -2.40. The third kappa shape index (κ3) is 4.70. The number of piperidine rings is 1. The molecule has 1 fully saturated rings. The Hall–Kier alpha value is -2.19. The van der Waals surface area contributed by atoms with Crippen molar-refractivity contribution in [1.29, 1.82) is 0 Å². The van der Waals surface area contributed by atoms with Crippen LogP contribution in [-0.4, -0.2) is 73.2 Å². The van der Waals surface area contributed by atoms with Gasteiger partial charge in [0.25, 0.3) is 5.91 Å². The van der Waals surface area contributed by atoms with Crippen LogP contribution < -0.4 is 10.1 Å². The highest BCUT2D eigenvalue weighted by molar-refractivity contribution is 5.86. The number of methoxy groups -OCH3 is 1. The predicted octanol–water partition coefficient (Wildman–Crippen LogP) is 0.366. The van der Waals surface area contributed by atoms with Crippen LogP contribution in [0, 0.1) is 5.82 Å². The number of aliphatic hydroxyl groups is 1. The van der Waals surface area contributed by atoms with Gasteiger partial charge in [0.05, 0.1) is 13.7 Å². The van der Waals surface area contributed by atoms with Crippen molar-refractivity contribution in [2.24, 2.45) is 0 Å². The summed E-state index contributed by atoms with van der Waals surface area (Å²) in [5.74, 6) is -0.569. The van der Waals surface area contributed by atoms with E-state index in [4.69, 9.17) is 4.74 Å². The Bertz CT molecular complexity index is 670. The minimum absolute atomic E-state index is 0.0380. The Kier molecular flexibility index (Phi) is 6.55. The molecule has 0 saturated carbocycles. The molecule has 1 aliphatic rings. The Morgan fingerprint density at radius 2 is 2.23 bits per heavy atom. The van der Waals surface area contributed by atoms with E-state index in [0.717, 1.165) is 0 Å². The van der Waals surface area contributed by atoms with Gasteiger partial charge in [-0.2, -0.15) is 0 Å². The molecular weight excluding hydrogens is 341 g/mol. The molecule has 144 valence electrons. The smallest absolute Gasteiger partial charge is 0.256 e. The first-order valence-corrected chi connectivity index (χ1v) is 8.52. The van der Waals surface area contributed by atoms with Crippen LogP contribution in [0.4, 0.5) is 4.39 Å². The first-order valence-electron chi connectivity index (χ1n) is 8.52. The first-order chi connectivity index (χ1) is 12.3. The number of benzene rings is 1. The number of ether oxygens (including phenoxy) is 1. The number of hydrogen-bond donors (Lipinski definition) is 2. The van der Waals surface area contributed by atoms with Crippen LogP contribution in [0.15, 0.2) is 18.2 Å². The zero-order chi connectivity index (χ0) is 19.3. The molecule has 0 unspecified atom stereocenters. The van der Waals surface area contributed by atoms with Crippen LogP contribution >= 0.6 is 0 Å². The maximum Gasteiger partial charge on any atom is 0.256 e. The fraction of sp³-hybridized carbons (Fsp3) is 0.556. The van der Waals surface area contributed by atoms with Crippen LogP contribution in [0.25, 0.3) is 0 Å². The summed E-state index contributed by atoms with van der Waals surface area (Å²) in [4.78, 5) is 27.3. The van der Waals surface area contributed by atoms with E-state index in [1.165, 1.54) is 31.2 Å². The number of likely N-dealkylation sites (N-methyl/N-ethyl adjacent to an activating group) is 2. The molecule has 1 atom stereocenters. The summed E-state index contributed by atoms with van der Waals surface area (Å²) in [5, 5.41) is 13.3. The standard InChI is InChI=1S/C18H26FN3O4/c1-20-16(23)11-21(2)12-18(25)7-4-8-22(17(18)24)10-13-9-14(26-3)5-6-15(13)19/h5-6,9,25H,4,7-8,10-12H2,1-3H3,(H,20,23)/t18-/m0/s1. The predicted molar refractivity (Wildman–Crippen MR) is 94.1 cm³/mol. The van der Waals surface area contributed by atoms with Gasteiger partial charge in [0.1, 0.15) is 11.6 Å². The topological polar surface area (TPSA) is 82.1 Å². The maximum atomic E-state index is 14.1. The monoisotopic (exact) mass is 367 g/mol. The number of likely N-dealkylation sites (tertiary alicyclic amines) is 1. The molecule has 0 bridgehead atoms. The van der Waals surface area contributed by atoms with E-state index in [-0.39, 0.29) is 25.5 Å². The number of rotatable bonds is 7. The highest BCUT2D eigenvalue weighted by Gasteiger charge is 2.43. The molecule has 2 rings (SSSR count). The second kappa shape index (κ2) is 8.46. The van der Waals surface area contributed by atoms with Crippen LogP contribution in [-0.2, 0) is 16.1 Å². The molecular formula is C18H26FN3O4. The second-order valence-electron chi connectivity index (χ2n) is 6.66. The van der Waals surface area contributed by atoms with Crippen LogP contribution in [0.3, 0.4) is 0 Å². The number of carbonyl (C=O) groups excluding carboxylic acids is 2. The third-order valence-corrected chi connectivity index (χ3v) is 4.54. The highest BCUT2D eigenvalue weighted by Crippen LogP contribution is 2.26. The number of halogens is 1. The van der Waals surface area contributed by atoms with Gasteiger partial charge < -0.3 is 20.1 Å². The van der Waals surface area contributed by atoms with Crippen LogP contribution in [0.5, 0.6) is 5.75 Å². The Labute approximate surface area is 152 Å². The van der Waals surface area contributed by atoms with Crippen LogP contribution in [0.1, 0.15) is 18.4 Å². The SMILES string of the molecule is CNC(=O)CN(C)C[C@@]1(O)CCCN(Cc2cc(OC)ccc2F)C1=O. The lowest BCUT2D eigenvalue weighted by atomic mass is 9.90. The first kappa shape index (κ1) is 20.1. The van der Waals surface area contributed by atoms with Crippen LogP contribution in [0.2, 0.25) is 0 Å². The minimum atomic E-state index is -1.59. The number of nitrogens with one attached hydrogen (secondary N) is 1. The molecule has 0 aromatic heterocycles. The largest absolute Gasteiger partial charge is 0.497 e. The zero-order valence-electron chi connectivity index (χ0n) is 15.4. The quantitative estimate of drug-likeness (QED) is 0.728. The molecule has 8 heteroatoms. The van der Waals surface area contributed by atoms with Gasteiger partial charge in [-0.05, 0) is 38.1 Å². The van der Waals surface area contributed by atoms with Gasteiger partial charge in [-0.1, -0.05) is 0 Å². The van der Waals surface area contributed by atoms with E-state index >= 15 is 0 Å². The van der Waals surface area contributed by atoms with Gasteiger partial charge in [0.15, 0.2) is 5.60 Å². The molecule has 1 aliphatic heterocycles. The van der Waals surface area contributed by atoms with Gasteiger partial charge >= 0.3 is 0 Å². The zero-order valence-corrected chi connectivity index (χ0v) is 15.4. The molecule has 0 spiro atoms. The molecule has 1 aromatic carbocycles. The van der Waals surface area contributed by atoms with E-state index in [1.807, 2.05) is 0 Å². The van der Waals surface area contributed by atoms with Crippen molar-refractivity contribution in [2.75, 3.05) is 40.8 Å². The number of amides is 2. The van der Waals surface area contributed by atoms with E-state index in [2.05, 4.69) is 5.32 Å². The molecule has 2 N–H and O–H groups in total. The summed E-state index contributed by atoms with van der Waals surface area (Å²) in [5.41, 5.74) is -1.25. The van der Waals surface area contributed by atoms with E-state index in [9.17, 15) is 19.1 Å². The Morgan fingerprint density at radius 3 is 2.88 bits per heavy atom. The van der Waals surface area contributed by atoms with Gasteiger partial charge in [-0.3, -0.25) is 14.5 Å². The summed E-state index contributed by atoms with van der Waals surface area (Å²) in [7, 11) is 4.69. The summed E-state index contributed by atoms with van der Waals surface area (Å²) in [6.45, 7) is 0.618. The fourth-order valence-electron chi connectivity index (χ4n) is 3.19. The van der Waals surface area contributed by atoms with Crippen molar-refractivity contribution in [1.82, 2.24) is 15.1 Å². The lowest BCUT2D eigenvalue weighted by Crippen LogP contribution is -2.58. The minimum Gasteiger partial charge on any atom is -0.497 e. The molecule has 2 amide bonds. The van der Waals surface area contributed by atoms with Crippen molar-refractivity contribution in [3.8, 4) is 5.75 Å². The second-order valence-corrected chi connectivity index (χ2v) is 6.66. The van der Waals surface area contributed by atoms with Crippen molar-refractivity contribution < 1.29 is 23.8 Å². The van der Waals surface area contributed by atoms with E-state index < -0.39 is 17.3 Å². The summed E-state index contributed by atoms with van der Waals surface area (Å²) in [6, 6.07) is 4.36. The third-order valence-electron chi connectivity index (χ3n) is 4.54. The van der Waals surface area contributed by atoms with Gasteiger partial charge in [-0.25, -0.2) is 4.39 Å². The van der Waals surface area contributed by atoms with Gasteiger partial charge in [-0.15, -0.1) is 0 Å². The van der Waals surface area contributed by atoms with E-state index in [0.29, 0.717) is 30.7 Å². The molecule has 1 saturated heterocycles. The molecule has 1 aromatic rings. The lowest BCUT2D eigenvalue weighted by molar-refractivity contribution is -0.160. The molecule has 7 nitrogen and oxygen atoms in total. The number of nitrogens with zero attached hydrogens (tertiary/aromatic N) is 2. The molecule has 1 heterocycles. The number of carbonyl (C=O) groups is 2. The molecule has 0 aliphatic carbocycles. The van der Waals surface area contributed by atoms with E-state index in [1.54, 1.807) is 18.0 Å². The molecule has 0 radical (unpaired) electrons. The van der Waals surface area contributed by atoms with Gasteiger partial charge in [0.2, 0.25) is 5.91 Å². The summed E-state index contributed by atoms with van der Waals surface area (Å²) < 4.78 is 19.2. The van der Waals surface area contributed by atoms with Gasteiger partial charge in [0, 0.05) is 32.2 Å². The number of hydrogen-bond acceptors (Lipinski definition) is 5. The summed E-state index contributed by atoms with van der Waals surface area (Å²) in [6.07, 6.45) is 0.905. The fourth-order valence-corrected chi connectivity index (χ4v) is 3.19. The van der Waals surface area contributed by atoms with Crippen molar-refractivity contribution in [3.63, 3.8) is 0 Å². The Morgan fingerprint density at radius 1 is 1.50 bits per heavy atom. The average molecular weight is 367 g/mol. The highest BCUT2D eigenvalue weighted by atomic mass is 19.1. The Balaban J connectivity index is 2.10.